The Morgan fingerprint density at radius 3 is 2.82 bits per heavy atom. The van der Waals surface area contributed by atoms with Crippen LogP contribution in [0.2, 0.25) is 0 Å². The lowest BCUT2D eigenvalue weighted by atomic mass is 9.85. The number of carboxylic acids is 1. The molecule has 0 spiro atoms. The van der Waals surface area contributed by atoms with Crippen molar-refractivity contribution in [3.63, 3.8) is 0 Å². The minimum Gasteiger partial charge on any atom is -0.496 e. The summed E-state index contributed by atoms with van der Waals surface area (Å²) in [4.78, 5) is 11.9. The van der Waals surface area contributed by atoms with Crippen LogP contribution in [-0.4, -0.2) is 23.4 Å². The molecule has 0 saturated heterocycles. The fourth-order valence-electron chi connectivity index (χ4n) is 1.84. The number of nitrogens with two attached hydrogens (primary N) is 1. The van der Waals surface area contributed by atoms with Crippen molar-refractivity contribution in [3.8, 4) is 5.75 Å². The van der Waals surface area contributed by atoms with E-state index in [1.807, 2.05) is 6.07 Å². The van der Waals surface area contributed by atoms with Crippen LogP contribution < -0.4 is 10.5 Å². The Kier molecular flexibility index (Phi) is 3.47. The van der Waals surface area contributed by atoms with Crippen LogP contribution in [0.25, 0.3) is 0 Å². The van der Waals surface area contributed by atoms with E-state index >= 15 is 0 Å². The SMILES string of the molecule is COc1cc(N)ccc1SC1CCC1C(=O)O. The molecule has 17 heavy (non-hydrogen) atoms. The van der Waals surface area contributed by atoms with Gasteiger partial charge in [-0.15, -0.1) is 11.8 Å². The second kappa shape index (κ2) is 4.87. The quantitative estimate of drug-likeness (QED) is 0.805. The summed E-state index contributed by atoms with van der Waals surface area (Å²) < 4.78 is 5.24. The number of methoxy groups -OCH3 is 1. The molecule has 0 heterocycles. The Morgan fingerprint density at radius 2 is 2.29 bits per heavy atom. The van der Waals surface area contributed by atoms with Crippen molar-refractivity contribution in [1.82, 2.24) is 0 Å². The molecule has 0 amide bonds. The first-order valence-electron chi connectivity index (χ1n) is 5.45. The number of anilines is 1. The molecule has 1 saturated carbocycles. The van der Waals surface area contributed by atoms with Crippen molar-refractivity contribution in [2.45, 2.75) is 23.0 Å². The van der Waals surface area contributed by atoms with Gasteiger partial charge in [-0.1, -0.05) is 0 Å². The first-order chi connectivity index (χ1) is 8.11. The molecule has 4 nitrogen and oxygen atoms in total. The van der Waals surface area contributed by atoms with Gasteiger partial charge in [0.1, 0.15) is 5.75 Å². The molecule has 1 aromatic rings. The van der Waals surface area contributed by atoms with E-state index in [1.165, 1.54) is 0 Å². The van der Waals surface area contributed by atoms with Crippen LogP contribution in [0.5, 0.6) is 5.75 Å². The molecule has 0 radical (unpaired) electrons. The Hall–Kier alpha value is -1.36. The van der Waals surface area contributed by atoms with Gasteiger partial charge in [-0.05, 0) is 25.0 Å². The smallest absolute Gasteiger partial charge is 0.307 e. The Bertz CT molecular complexity index is 436. The molecule has 2 rings (SSSR count). The summed E-state index contributed by atoms with van der Waals surface area (Å²) in [5.41, 5.74) is 6.32. The number of rotatable bonds is 4. The van der Waals surface area contributed by atoms with Gasteiger partial charge in [0.15, 0.2) is 0 Å². The van der Waals surface area contributed by atoms with Crippen LogP contribution in [0, 0.1) is 5.92 Å². The zero-order valence-corrected chi connectivity index (χ0v) is 10.4. The molecule has 0 aliphatic heterocycles. The highest BCUT2D eigenvalue weighted by Gasteiger charge is 2.37. The standard InChI is InChI=1S/C12H15NO3S/c1-16-9-6-7(13)2-4-11(9)17-10-5-3-8(10)12(14)15/h2,4,6,8,10H,3,5,13H2,1H3,(H,14,15). The van der Waals surface area contributed by atoms with Crippen LogP contribution in [0.4, 0.5) is 5.69 Å². The molecule has 1 aliphatic carbocycles. The van der Waals surface area contributed by atoms with Crippen LogP contribution in [0.15, 0.2) is 23.1 Å². The largest absolute Gasteiger partial charge is 0.496 e. The molecule has 0 bridgehead atoms. The second-order valence-electron chi connectivity index (χ2n) is 4.09. The van der Waals surface area contributed by atoms with Crippen LogP contribution >= 0.6 is 11.8 Å². The van der Waals surface area contributed by atoms with E-state index in [4.69, 9.17) is 15.6 Å². The molecule has 2 unspecified atom stereocenters. The van der Waals surface area contributed by atoms with Crippen LogP contribution in [0.1, 0.15) is 12.8 Å². The van der Waals surface area contributed by atoms with Gasteiger partial charge in [-0.25, -0.2) is 0 Å². The molecular formula is C12H15NO3S. The Balaban J connectivity index is 2.11. The van der Waals surface area contributed by atoms with Crippen molar-refractivity contribution in [3.05, 3.63) is 18.2 Å². The summed E-state index contributed by atoms with van der Waals surface area (Å²) in [6, 6.07) is 5.45. The predicted molar refractivity (Wildman–Crippen MR) is 67.4 cm³/mol. The third-order valence-corrected chi connectivity index (χ3v) is 4.45. The van der Waals surface area contributed by atoms with E-state index in [2.05, 4.69) is 0 Å². The number of hydrogen-bond donors (Lipinski definition) is 2. The maximum absolute atomic E-state index is 10.9. The number of aliphatic carboxylic acids is 1. The topological polar surface area (TPSA) is 72.5 Å². The molecule has 0 aromatic heterocycles. The molecule has 1 fully saturated rings. The van der Waals surface area contributed by atoms with E-state index in [0.717, 1.165) is 17.7 Å². The zero-order valence-electron chi connectivity index (χ0n) is 9.55. The van der Waals surface area contributed by atoms with Gasteiger partial charge >= 0.3 is 5.97 Å². The lowest BCUT2D eigenvalue weighted by molar-refractivity contribution is -0.144. The highest BCUT2D eigenvalue weighted by atomic mass is 32.2. The maximum atomic E-state index is 10.9. The number of thioether (sulfide) groups is 1. The third kappa shape index (κ3) is 2.49. The minimum atomic E-state index is -0.705. The van der Waals surface area contributed by atoms with E-state index < -0.39 is 5.97 Å². The number of carbonyl (C=O) groups is 1. The lowest BCUT2D eigenvalue weighted by Crippen LogP contribution is -2.35. The van der Waals surface area contributed by atoms with Gasteiger partial charge < -0.3 is 15.6 Å². The van der Waals surface area contributed by atoms with E-state index in [9.17, 15) is 4.79 Å². The molecule has 5 heteroatoms. The highest BCUT2D eigenvalue weighted by Crippen LogP contribution is 2.44. The average molecular weight is 253 g/mol. The van der Waals surface area contributed by atoms with Crippen LogP contribution in [-0.2, 0) is 4.79 Å². The first kappa shape index (κ1) is 12.1. The maximum Gasteiger partial charge on any atom is 0.307 e. The normalized spacial score (nSPS) is 22.9. The summed E-state index contributed by atoms with van der Waals surface area (Å²) in [7, 11) is 1.59. The molecule has 3 N–H and O–H groups in total. The fraction of sp³-hybridized carbons (Fsp3) is 0.417. The van der Waals surface area contributed by atoms with Gasteiger partial charge in [0.25, 0.3) is 0 Å². The van der Waals surface area contributed by atoms with Crippen LogP contribution in [0.3, 0.4) is 0 Å². The van der Waals surface area contributed by atoms with Gasteiger partial charge in [0.2, 0.25) is 0 Å². The summed E-state index contributed by atoms with van der Waals surface area (Å²) in [6.07, 6.45) is 1.71. The van der Waals surface area contributed by atoms with Crippen molar-refractivity contribution < 1.29 is 14.6 Å². The Labute approximate surface area is 104 Å². The lowest BCUT2D eigenvalue weighted by Gasteiger charge is -2.32. The zero-order chi connectivity index (χ0) is 12.4. The molecule has 92 valence electrons. The van der Waals surface area contributed by atoms with Crippen molar-refractivity contribution in [1.29, 1.82) is 0 Å². The van der Waals surface area contributed by atoms with E-state index in [0.29, 0.717) is 11.4 Å². The molecule has 2 atom stereocenters. The third-order valence-electron chi connectivity index (χ3n) is 2.99. The van der Waals surface area contributed by atoms with E-state index in [1.54, 1.807) is 31.0 Å². The number of hydrogen-bond acceptors (Lipinski definition) is 4. The summed E-state index contributed by atoms with van der Waals surface area (Å²) >= 11 is 1.57. The minimum absolute atomic E-state index is 0.144. The van der Waals surface area contributed by atoms with E-state index in [-0.39, 0.29) is 11.2 Å². The number of benzene rings is 1. The summed E-state index contributed by atoms with van der Waals surface area (Å²) in [5.74, 6) is -0.226. The monoisotopic (exact) mass is 253 g/mol. The van der Waals surface area contributed by atoms with Gasteiger partial charge in [0, 0.05) is 21.9 Å². The van der Waals surface area contributed by atoms with Gasteiger partial charge in [-0.3, -0.25) is 4.79 Å². The van der Waals surface area contributed by atoms with Gasteiger partial charge in [-0.2, -0.15) is 0 Å². The number of nitrogen functional groups attached to an aromatic ring is 1. The van der Waals surface area contributed by atoms with Crippen molar-refractivity contribution >= 4 is 23.4 Å². The predicted octanol–water partition coefficient (Wildman–Crippen LogP) is 2.23. The second-order valence-corrected chi connectivity index (χ2v) is 5.37. The van der Waals surface area contributed by atoms with Gasteiger partial charge in [0.05, 0.1) is 13.0 Å². The first-order valence-corrected chi connectivity index (χ1v) is 6.32. The molecule has 1 aromatic carbocycles. The number of ether oxygens (including phenoxy) is 1. The van der Waals surface area contributed by atoms with Crippen molar-refractivity contribution in [2.75, 3.05) is 12.8 Å². The molecular weight excluding hydrogens is 238 g/mol. The Morgan fingerprint density at radius 1 is 1.53 bits per heavy atom. The summed E-state index contributed by atoms with van der Waals surface area (Å²) in [6.45, 7) is 0. The number of carboxylic acid groups (broad SMARTS) is 1. The summed E-state index contributed by atoms with van der Waals surface area (Å²) in [5, 5.41) is 9.13. The highest BCUT2D eigenvalue weighted by molar-refractivity contribution is 8.00. The average Bonchev–Trinajstić information content (AvgIpc) is 2.24. The van der Waals surface area contributed by atoms with Crippen molar-refractivity contribution in [2.24, 2.45) is 5.92 Å². The fourth-order valence-corrected chi connectivity index (χ4v) is 3.24. The molecule has 1 aliphatic rings.